The third kappa shape index (κ3) is 4.43. The van der Waals surface area contributed by atoms with E-state index in [0.717, 1.165) is 39.0 Å². The molecule has 1 unspecified atom stereocenters. The van der Waals surface area contributed by atoms with Gasteiger partial charge in [0.15, 0.2) is 5.79 Å². The quantitative estimate of drug-likeness (QED) is 0.664. The molecule has 0 amide bonds. The van der Waals surface area contributed by atoms with Crippen molar-refractivity contribution >= 4 is 0 Å². The van der Waals surface area contributed by atoms with E-state index >= 15 is 0 Å². The Morgan fingerprint density at radius 1 is 1.00 bits per heavy atom. The van der Waals surface area contributed by atoms with E-state index in [9.17, 15) is 0 Å². The summed E-state index contributed by atoms with van der Waals surface area (Å²) in [6.45, 7) is 10.9. The molecule has 1 spiro atoms. The molecule has 2 rings (SSSR count). The zero-order valence-electron chi connectivity index (χ0n) is 14.5. The van der Waals surface area contributed by atoms with Crippen LogP contribution in [0.5, 0.6) is 0 Å². The highest BCUT2D eigenvalue weighted by molar-refractivity contribution is 4.94. The van der Waals surface area contributed by atoms with Gasteiger partial charge in [-0.25, -0.2) is 0 Å². The number of nitrogens with zero attached hydrogens (tertiary/aromatic N) is 1. The van der Waals surface area contributed by atoms with Gasteiger partial charge in [0.2, 0.25) is 0 Å². The highest BCUT2D eigenvalue weighted by Crippen LogP contribution is 2.43. The highest BCUT2D eigenvalue weighted by Gasteiger charge is 2.50. The van der Waals surface area contributed by atoms with Crippen LogP contribution in [0.4, 0.5) is 0 Å². The lowest BCUT2D eigenvalue weighted by molar-refractivity contribution is -0.208. The minimum Gasteiger partial charge on any atom is -0.347 e. The van der Waals surface area contributed by atoms with Crippen LogP contribution in [0, 0.1) is 0 Å². The summed E-state index contributed by atoms with van der Waals surface area (Å²) in [5.74, 6) is -0.238. The van der Waals surface area contributed by atoms with E-state index in [2.05, 4.69) is 25.7 Å². The molecule has 1 saturated carbocycles. The molecule has 0 N–H and O–H groups in total. The number of ether oxygens (including phenoxy) is 2. The fraction of sp³-hybridized carbons (Fsp3) is 1.00. The molecule has 3 heteroatoms. The van der Waals surface area contributed by atoms with Crippen LogP contribution in [0.15, 0.2) is 0 Å². The minimum atomic E-state index is -0.238. The Balaban J connectivity index is 2.03. The molecule has 124 valence electrons. The van der Waals surface area contributed by atoms with Crippen LogP contribution in [-0.2, 0) is 9.47 Å². The van der Waals surface area contributed by atoms with Crippen LogP contribution >= 0.6 is 0 Å². The lowest BCUT2D eigenvalue weighted by Crippen LogP contribution is -2.47. The fourth-order valence-electron chi connectivity index (χ4n) is 3.91. The molecule has 21 heavy (non-hydrogen) atoms. The van der Waals surface area contributed by atoms with Gasteiger partial charge in [-0.2, -0.15) is 0 Å². The summed E-state index contributed by atoms with van der Waals surface area (Å²) in [6.07, 6.45) is 10.9. The van der Waals surface area contributed by atoms with Crippen LogP contribution in [0.1, 0.15) is 78.6 Å². The molecule has 0 aromatic rings. The molecule has 1 atom stereocenters. The number of hydrogen-bond acceptors (Lipinski definition) is 3. The molecule has 1 saturated heterocycles. The zero-order chi connectivity index (χ0) is 15.2. The average molecular weight is 297 g/mol. The van der Waals surface area contributed by atoms with Gasteiger partial charge < -0.3 is 14.4 Å². The van der Waals surface area contributed by atoms with E-state index in [1.165, 1.54) is 45.1 Å². The van der Waals surface area contributed by atoms with Crippen LogP contribution in [0.2, 0.25) is 0 Å². The monoisotopic (exact) mass is 297 g/mol. The third-order valence-electron chi connectivity index (χ3n) is 5.10. The predicted molar refractivity (Wildman–Crippen MR) is 87.5 cm³/mol. The average Bonchev–Trinajstić information content (AvgIpc) is 2.84. The Morgan fingerprint density at radius 2 is 1.76 bits per heavy atom. The van der Waals surface area contributed by atoms with Gasteiger partial charge in [0, 0.05) is 19.4 Å². The molecule has 1 aliphatic heterocycles. The summed E-state index contributed by atoms with van der Waals surface area (Å²) in [6, 6.07) is 0. The Morgan fingerprint density at radius 3 is 2.38 bits per heavy atom. The van der Waals surface area contributed by atoms with Crippen molar-refractivity contribution in [2.24, 2.45) is 0 Å². The maximum absolute atomic E-state index is 6.69. The van der Waals surface area contributed by atoms with Gasteiger partial charge in [-0.3, -0.25) is 0 Å². The van der Waals surface area contributed by atoms with E-state index < -0.39 is 0 Å². The molecule has 2 fully saturated rings. The second-order valence-corrected chi connectivity index (χ2v) is 7.02. The van der Waals surface area contributed by atoms with E-state index in [1.54, 1.807) is 0 Å². The van der Waals surface area contributed by atoms with Gasteiger partial charge in [-0.15, -0.1) is 0 Å². The first kappa shape index (κ1) is 17.2. The Kier molecular flexibility index (Phi) is 6.51. The van der Waals surface area contributed by atoms with Crippen LogP contribution in [0.25, 0.3) is 0 Å². The van der Waals surface area contributed by atoms with Gasteiger partial charge in [-0.1, -0.05) is 40.0 Å². The van der Waals surface area contributed by atoms with E-state index in [0.29, 0.717) is 0 Å². The normalized spacial score (nSPS) is 28.6. The first-order valence-electron chi connectivity index (χ1n) is 9.24. The van der Waals surface area contributed by atoms with E-state index in [4.69, 9.17) is 9.47 Å². The molecule has 0 radical (unpaired) electrons. The first-order valence-corrected chi connectivity index (χ1v) is 9.24. The van der Waals surface area contributed by atoms with Crippen molar-refractivity contribution in [1.29, 1.82) is 0 Å². The summed E-state index contributed by atoms with van der Waals surface area (Å²) < 4.78 is 13.0. The predicted octanol–water partition coefficient (Wildman–Crippen LogP) is 4.35. The maximum atomic E-state index is 6.69. The lowest BCUT2D eigenvalue weighted by atomic mass is 9.93. The number of rotatable bonds is 8. The van der Waals surface area contributed by atoms with Crippen molar-refractivity contribution in [1.82, 2.24) is 4.90 Å². The standard InChI is InChI=1S/C18H35NO2/c1-4-7-11-17(15-19(6-3)14-5-2)16-20-18(21-17)12-9-8-10-13-18/h4-16H2,1-3H3. The molecular formula is C18H35NO2. The Hall–Kier alpha value is -0.120. The molecule has 0 bridgehead atoms. The highest BCUT2D eigenvalue weighted by atomic mass is 16.8. The van der Waals surface area contributed by atoms with Crippen molar-refractivity contribution in [3.8, 4) is 0 Å². The molecule has 1 aliphatic carbocycles. The molecule has 1 heterocycles. The molecule has 2 aliphatic rings. The minimum absolute atomic E-state index is 0.0570. The van der Waals surface area contributed by atoms with Crippen molar-refractivity contribution in [2.75, 3.05) is 26.2 Å². The lowest BCUT2D eigenvalue weighted by Gasteiger charge is -2.37. The number of likely N-dealkylation sites (N-methyl/N-ethyl adjacent to an activating group) is 1. The van der Waals surface area contributed by atoms with Crippen molar-refractivity contribution in [3.05, 3.63) is 0 Å². The number of unbranched alkanes of at least 4 members (excludes halogenated alkanes) is 1. The van der Waals surface area contributed by atoms with Gasteiger partial charge in [0.25, 0.3) is 0 Å². The van der Waals surface area contributed by atoms with Crippen molar-refractivity contribution in [2.45, 2.75) is 89.9 Å². The number of hydrogen-bond donors (Lipinski definition) is 0. The summed E-state index contributed by atoms with van der Waals surface area (Å²) >= 11 is 0. The topological polar surface area (TPSA) is 21.7 Å². The molecular weight excluding hydrogens is 262 g/mol. The largest absolute Gasteiger partial charge is 0.347 e. The van der Waals surface area contributed by atoms with Gasteiger partial charge in [-0.05, 0) is 38.8 Å². The summed E-state index contributed by atoms with van der Waals surface area (Å²) in [7, 11) is 0. The zero-order valence-corrected chi connectivity index (χ0v) is 14.5. The van der Waals surface area contributed by atoms with Crippen LogP contribution in [0.3, 0.4) is 0 Å². The molecule has 0 aromatic heterocycles. The van der Waals surface area contributed by atoms with E-state index in [-0.39, 0.29) is 11.4 Å². The fourth-order valence-corrected chi connectivity index (χ4v) is 3.91. The molecule has 0 aromatic carbocycles. The van der Waals surface area contributed by atoms with Crippen LogP contribution < -0.4 is 0 Å². The Labute approximate surface area is 131 Å². The summed E-state index contributed by atoms with van der Waals surface area (Å²) in [5.41, 5.74) is -0.0570. The van der Waals surface area contributed by atoms with Gasteiger partial charge in [0.1, 0.15) is 5.60 Å². The van der Waals surface area contributed by atoms with Crippen LogP contribution in [-0.4, -0.2) is 42.5 Å². The third-order valence-corrected chi connectivity index (χ3v) is 5.10. The van der Waals surface area contributed by atoms with Crippen molar-refractivity contribution in [3.63, 3.8) is 0 Å². The maximum Gasteiger partial charge on any atom is 0.169 e. The molecule has 3 nitrogen and oxygen atoms in total. The van der Waals surface area contributed by atoms with Gasteiger partial charge >= 0.3 is 0 Å². The van der Waals surface area contributed by atoms with Gasteiger partial charge in [0.05, 0.1) is 6.61 Å². The summed E-state index contributed by atoms with van der Waals surface area (Å²) in [5, 5.41) is 0. The Bertz CT molecular complexity index is 302. The first-order chi connectivity index (χ1) is 10.2. The van der Waals surface area contributed by atoms with E-state index in [1.807, 2.05) is 0 Å². The summed E-state index contributed by atoms with van der Waals surface area (Å²) in [4.78, 5) is 2.54. The smallest absolute Gasteiger partial charge is 0.169 e. The second-order valence-electron chi connectivity index (χ2n) is 7.02. The second kappa shape index (κ2) is 7.94. The van der Waals surface area contributed by atoms with Crippen molar-refractivity contribution < 1.29 is 9.47 Å². The SMILES string of the molecule is CCCCC1(CN(CC)CCC)COC2(CCCCC2)O1.